The molecule has 30 heavy (non-hydrogen) atoms. The van der Waals surface area contributed by atoms with Crippen molar-refractivity contribution in [2.45, 2.75) is 0 Å². The van der Waals surface area contributed by atoms with E-state index >= 15 is 0 Å². The molecule has 4 nitrogen and oxygen atoms in total. The van der Waals surface area contributed by atoms with Crippen LogP contribution in [0, 0.1) is 0 Å². The molecule has 0 saturated heterocycles. The number of nitrogens with zero attached hydrogens (tertiary/aromatic N) is 3. The molecule has 0 unspecified atom stereocenters. The van der Waals surface area contributed by atoms with Crippen LogP contribution < -0.4 is 5.32 Å². The van der Waals surface area contributed by atoms with Gasteiger partial charge in [-0.05, 0) is 12.1 Å². The van der Waals surface area contributed by atoms with Crippen molar-refractivity contribution in [1.29, 1.82) is 0 Å². The number of hydrogen-bond acceptors (Lipinski definition) is 5. The van der Waals surface area contributed by atoms with Crippen LogP contribution in [0.15, 0.2) is 103 Å². The number of nitrogens with one attached hydrogen (secondary N) is 1. The fourth-order valence-corrected chi connectivity index (χ4v) is 4.02. The molecule has 0 aliphatic rings. The molecule has 1 N–H and O–H groups in total. The van der Waals surface area contributed by atoms with E-state index in [9.17, 15) is 0 Å². The highest BCUT2D eigenvalue weighted by Crippen LogP contribution is 2.30. The zero-order chi connectivity index (χ0) is 20.2. The summed E-state index contributed by atoms with van der Waals surface area (Å²) in [5.74, 6) is 0.761. The van der Waals surface area contributed by atoms with Crippen LogP contribution in [0.2, 0.25) is 0 Å². The number of rotatable bonds is 5. The Morgan fingerprint density at radius 2 is 1.30 bits per heavy atom. The van der Waals surface area contributed by atoms with E-state index in [1.54, 1.807) is 17.7 Å². The fraction of sp³-hybridized carbons (Fsp3) is 0. The summed E-state index contributed by atoms with van der Waals surface area (Å²) in [5.41, 5.74) is 6.14. The lowest BCUT2D eigenvalue weighted by Crippen LogP contribution is -1.95. The average Bonchev–Trinajstić information content (AvgIpc) is 3.31. The number of benzene rings is 3. The van der Waals surface area contributed by atoms with Gasteiger partial charge in [0.25, 0.3) is 0 Å². The number of thiazole rings is 1. The SMILES string of the molecule is c1ccc(-c2cc(Nc3ccc(-c4csc(-c5ccccc5)n4)cc3)ncn2)cc1. The Labute approximate surface area is 179 Å². The molecule has 0 bridgehead atoms. The number of hydrogen-bond donors (Lipinski definition) is 1. The van der Waals surface area contributed by atoms with Gasteiger partial charge in [-0.3, -0.25) is 0 Å². The lowest BCUT2D eigenvalue weighted by Gasteiger charge is -2.08. The summed E-state index contributed by atoms with van der Waals surface area (Å²) >= 11 is 1.66. The highest BCUT2D eigenvalue weighted by Gasteiger charge is 2.07. The molecule has 0 saturated carbocycles. The summed E-state index contributed by atoms with van der Waals surface area (Å²) in [5, 5.41) is 6.48. The zero-order valence-corrected chi connectivity index (χ0v) is 16.9. The quantitative estimate of drug-likeness (QED) is 0.354. The summed E-state index contributed by atoms with van der Waals surface area (Å²) < 4.78 is 0. The Hall–Kier alpha value is -3.83. The molecule has 5 aromatic rings. The van der Waals surface area contributed by atoms with Crippen molar-refractivity contribution in [3.8, 4) is 33.1 Å². The van der Waals surface area contributed by atoms with Crippen molar-refractivity contribution < 1.29 is 0 Å². The van der Waals surface area contributed by atoms with Gasteiger partial charge in [-0.2, -0.15) is 0 Å². The Kier molecular flexibility index (Phi) is 5.02. The first kappa shape index (κ1) is 18.2. The molecule has 2 heterocycles. The molecule has 5 heteroatoms. The molecule has 5 rings (SSSR count). The van der Waals surface area contributed by atoms with Gasteiger partial charge in [0.1, 0.15) is 17.2 Å². The van der Waals surface area contributed by atoms with E-state index in [1.807, 2.05) is 66.7 Å². The van der Waals surface area contributed by atoms with Crippen molar-refractivity contribution in [3.63, 3.8) is 0 Å². The van der Waals surface area contributed by atoms with Gasteiger partial charge in [-0.1, -0.05) is 72.8 Å². The van der Waals surface area contributed by atoms with Crippen molar-refractivity contribution in [3.05, 3.63) is 103 Å². The van der Waals surface area contributed by atoms with Gasteiger partial charge in [0.05, 0.1) is 11.4 Å². The van der Waals surface area contributed by atoms with Crippen LogP contribution in [0.3, 0.4) is 0 Å². The van der Waals surface area contributed by atoms with Gasteiger partial charge in [0.15, 0.2) is 0 Å². The molecular formula is C25H18N4S. The monoisotopic (exact) mass is 406 g/mol. The minimum Gasteiger partial charge on any atom is -0.340 e. The predicted molar refractivity (Wildman–Crippen MR) is 124 cm³/mol. The number of aromatic nitrogens is 3. The second kappa shape index (κ2) is 8.27. The zero-order valence-electron chi connectivity index (χ0n) is 16.1. The van der Waals surface area contributed by atoms with Gasteiger partial charge in [0, 0.05) is 33.8 Å². The molecular weight excluding hydrogens is 388 g/mol. The molecule has 0 spiro atoms. The van der Waals surface area contributed by atoms with E-state index < -0.39 is 0 Å². The first-order valence-electron chi connectivity index (χ1n) is 9.61. The predicted octanol–water partition coefficient (Wildman–Crippen LogP) is 6.68. The molecule has 0 aliphatic carbocycles. The Bertz CT molecular complexity index is 1250. The van der Waals surface area contributed by atoms with E-state index in [0.717, 1.165) is 44.6 Å². The largest absolute Gasteiger partial charge is 0.340 e. The average molecular weight is 407 g/mol. The maximum Gasteiger partial charge on any atom is 0.134 e. The summed E-state index contributed by atoms with van der Waals surface area (Å²) in [7, 11) is 0. The van der Waals surface area contributed by atoms with Crippen LogP contribution >= 0.6 is 11.3 Å². The van der Waals surface area contributed by atoms with E-state index in [1.165, 1.54) is 0 Å². The summed E-state index contributed by atoms with van der Waals surface area (Å²) in [6, 6.07) is 30.5. The second-order valence-corrected chi connectivity index (χ2v) is 7.62. The molecule has 0 amide bonds. The normalized spacial score (nSPS) is 10.7. The minimum absolute atomic E-state index is 0.761. The molecule has 0 aliphatic heterocycles. The lowest BCUT2D eigenvalue weighted by molar-refractivity contribution is 1.17. The van der Waals surface area contributed by atoms with Crippen molar-refractivity contribution in [2.75, 3.05) is 5.32 Å². The van der Waals surface area contributed by atoms with Gasteiger partial charge in [-0.25, -0.2) is 15.0 Å². The Morgan fingerprint density at radius 1 is 0.633 bits per heavy atom. The molecule has 0 atom stereocenters. The third-order valence-corrected chi connectivity index (χ3v) is 5.61. The standard InChI is InChI=1S/C25H18N4S/c1-3-7-18(8-4-1)22-15-24(27-17-26-22)28-21-13-11-19(12-14-21)23-16-30-25(29-23)20-9-5-2-6-10-20/h1-17H,(H,26,27,28). The van der Waals surface area contributed by atoms with Crippen LogP contribution in [0.4, 0.5) is 11.5 Å². The first-order chi connectivity index (χ1) is 14.8. The van der Waals surface area contributed by atoms with Crippen LogP contribution in [0.1, 0.15) is 0 Å². The van der Waals surface area contributed by atoms with Gasteiger partial charge in [-0.15, -0.1) is 11.3 Å². The summed E-state index contributed by atoms with van der Waals surface area (Å²) in [4.78, 5) is 13.5. The fourth-order valence-electron chi connectivity index (χ4n) is 3.18. The lowest BCUT2D eigenvalue weighted by atomic mass is 10.1. The summed E-state index contributed by atoms with van der Waals surface area (Å²) in [6.45, 7) is 0. The molecule has 2 aromatic heterocycles. The van der Waals surface area contributed by atoms with E-state index in [4.69, 9.17) is 4.98 Å². The van der Waals surface area contributed by atoms with E-state index in [2.05, 4.69) is 44.9 Å². The van der Waals surface area contributed by atoms with Gasteiger partial charge in [0.2, 0.25) is 0 Å². The smallest absolute Gasteiger partial charge is 0.134 e. The number of anilines is 2. The molecule has 3 aromatic carbocycles. The second-order valence-electron chi connectivity index (χ2n) is 6.76. The first-order valence-corrected chi connectivity index (χ1v) is 10.5. The third-order valence-electron chi connectivity index (χ3n) is 4.71. The Balaban J connectivity index is 1.33. The van der Waals surface area contributed by atoms with Crippen LogP contribution in [0.5, 0.6) is 0 Å². The summed E-state index contributed by atoms with van der Waals surface area (Å²) in [6.07, 6.45) is 1.58. The maximum absolute atomic E-state index is 4.79. The van der Waals surface area contributed by atoms with E-state index in [0.29, 0.717) is 0 Å². The highest BCUT2D eigenvalue weighted by molar-refractivity contribution is 7.13. The third kappa shape index (κ3) is 3.97. The Morgan fingerprint density at radius 3 is 2.03 bits per heavy atom. The molecule has 0 radical (unpaired) electrons. The van der Waals surface area contributed by atoms with Crippen LogP contribution in [0.25, 0.3) is 33.1 Å². The molecule has 0 fully saturated rings. The van der Waals surface area contributed by atoms with Crippen molar-refractivity contribution >= 4 is 22.8 Å². The van der Waals surface area contributed by atoms with Gasteiger partial charge >= 0.3 is 0 Å². The maximum atomic E-state index is 4.79. The minimum atomic E-state index is 0.761. The highest BCUT2D eigenvalue weighted by atomic mass is 32.1. The molecule has 144 valence electrons. The van der Waals surface area contributed by atoms with Crippen LogP contribution in [-0.2, 0) is 0 Å². The van der Waals surface area contributed by atoms with E-state index in [-0.39, 0.29) is 0 Å². The topological polar surface area (TPSA) is 50.7 Å². The van der Waals surface area contributed by atoms with Gasteiger partial charge < -0.3 is 5.32 Å². The van der Waals surface area contributed by atoms with Crippen molar-refractivity contribution in [1.82, 2.24) is 15.0 Å². The van der Waals surface area contributed by atoms with Crippen molar-refractivity contribution in [2.24, 2.45) is 0 Å². The van der Waals surface area contributed by atoms with Crippen LogP contribution in [-0.4, -0.2) is 15.0 Å².